The molecule has 10 nitrogen and oxygen atoms in total. The number of aromatic nitrogens is 1. The van der Waals surface area contributed by atoms with Crippen LogP contribution in [0.2, 0.25) is 0 Å². The Bertz CT molecular complexity index is 971. The van der Waals surface area contributed by atoms with E-state index in [1.54, 1.807) is 23.1 Å². The van der Waals surface area contributed by atoms with Gasteiger partial charge >= 0.3 is 12.1 Å². The maximum atomic E-state index is 12.9. The molecule has 0 spiro atoms. The number of nitrogens with two attached hydrogens (primary N) is 1. The molecule has 2 aromatic rings. The first kappa shape index (κ1) is 22.9. The van der Waals surface area contributed by atoms with E-state index in [1.165, 1.54) is 6.08 Å². The highest BCUT2D eigenvalue weighted by Gasteiger charge is 2.33. The van der Waals surface area contributed by atoms with Gasteiger partial charge in [-0.3, -0.25) is 4.79 Å². The molecule has 1 fully saturated rings. The highest BCUT2D eigenvalue weighted by Crippen LogP contribution is 2.32. The maximum Gasteiger partial charge on any atom is 0.408 e. The van der Waals surface area contributed by atoms with E-state index in [1.807, 2.05) is 12.1 Å². The van der Waals surface area contributed by atoms with Crippen LogP contribution >= 0.6 is 0 Å². The monoisotopic (exact) mass is 442 g/mol. The van der Waals surface area contributed by atoms with E-state index in [-0.39, 0.29) is 37.2 Å². The van der Waals surface area contributed by atoms with Crippen molar-refractivity contribution in [3.05, 3.63) is 60.0 Å². The van der Waals surface area contributed by atoms with E-state index >= 15 is 0 Å². The molecule has 1 aromatic heterocycles. The van der Waals surface area contributed by atoms with Crippen LogP contribution in [0.15, 0.2) is 47.5 Å². The Hall–Kier alpha value is -3.82. The molecule has 2 unspecified atom stereocenters. The maximum absolute atomic E-state index is 12.9. The van der Waals surface area contributed by atoms with Crippen LogP contribution < -0.4 is 11.1 Å². The number of likely N-dealkylation sites (tertiary alicyclic amines) is 1. The topological polar surface area (TPSA) is 148 Å². The number of carbonyl (C=O) groups is 3. The fourth-order valence-electron chi connectivity index (χ4n) is 3.59. The number of carboxylic acid groups (broad SMARTS) is 1. The lowest BCUT2D eigenvalue weighted by atomic mass is 10.1. The van der Waals surface area contributed by atoms with Crippen molar-refractivity contribution in [2.24, 2.45) is 0 Å². The Morgan fingerprint density at radius 1 is 1.38 bits per heavy atom. The van der Waals surface area contributed by atoms with E-state index < -0.39 is 18.1 Å². The summed E-state index contributed by atoms with van der Waals surface area (Å²) < 4.78 is 10.1. The van der Waals surface area contributed by atoms with Crippen molar-refractivity contribution in [2.45, 2.75) is 37.8 Å². The van der Waals surface area contributed by atoms with Crippen LogP contribution in [0.1, 0.15) is 35.9 Å². The van der Waals surface area contributed by atoms with Gasteiger partial charge in [0.15, 0.2) is 0 Å². The van der Waals surface area contributed by atoms with Crippen molar-refractivity contribution in [2.75, 3.05) is 18.9 Å². The molecule has 2 atom stereocenters. The molecule has 0 radical (unpaired) electrons. The highest BCUT2D eigenvalue weighted by molar-refractivity contribution is 5.80. The van der Waals surface area contributed by atoms with Gasteiger partial charge in [0.25, 0.3) is 0 Å². The van der Waals surface area contributed by atoms with Crippen molar-refractivity contribution < 1.29 is 28.8 Å². The molecular weight excluding hydrogens is 416 g/mol. The average molecular weight is 442 g/mol. The Balaban J connectivity index is 1.64. The predicted molar refractivity (Wildman–Crippen MR) is 115 cm³/mol. The third kappa shape index (κ3) is 5.87. The number of amides is 2. The number of aliphatic carboxylic acids is 1. The van der Waals surface area contributed by atoms with E-state index in [0.29, 0.717) is 17.9 Å². The van der Waals surface area contributed by atoms with E-state index in [0.717, 1.165) is 18.4 Å². The van der Waals surface area contributed by atoms with Crippen LogP contribution in [0.5, 0.6) is 0 Å². The molecular formula is C22H26N4O6. The molecule has 10 heteroatoms. The number of nitrogen functional groups attached to an aromatic ring is 1. The number of benzene rings is 1. The van der Waals surface area contributed by atoms with Crippen LogP contribution in [-0.2, 0) is 27.2 Å². The number of alkyl carbamates (subject to hydrolysis) is 1. The van der Waals surface area contributed by atoms with Crippen LogP contribution in [-0.4, -0.2) is 52.3 Å². The Morgan fingerprint density at radius 3 is 2.81 bits per heavy atom. The third-order valence-corrected chi connectivity index (χ3v) is 5.15. The number of ether oxygens (including phenoxy) is 1. The summed E-state index contributed by atoms with van der Waals surface area (Å²) in [6.07, 6.45) is 2.20. The Labute approximate surface area is 185 Å². The first-order valence-corrected chi connectivity index (χ1v) is 10.2. The lowest BCUT2D eigenvalue weighted by Crippen LogP contribution is -2.42. The molecule has 0 bridgehead atoms. The number of hydrogen-bond donors (Lipinski definition) is 3. The van der Waals surface area contributed by atoms with E-state index in [9.17, 15) is 19.5 Å². The van der Waals surface area contributed by atoms with Gasteiger partial charge < -0.3 is 30.3 Å². The van der Waals surface area contributed by atoms with Crippen molar-refractivity contribution in [3.8, 4) is 0 Å². The summed E-state index contributed by atoms with van der Waals surface area (Å²) in [7, 11) is 0. The second kappa shape index (κ2) is 10.5. The van der Waals surface area contributed by atoms with Crippen LogP contribution in [0, 0.1) is 0 Å². The van der Waals surface area contributed by atoms with E-state index in [2.05, 4.69) is 17.1 Å². The minimum atomic E-state index is -1.25. The molecule has 1 saturated heterocycles. The zero-order valence-corrected chi connectivity index (χ0v) is 17.5. The molecule has 2 heterocycles. The summed E-state index contributed by atoms with van der Waals surface area (Å²) in [4.78, 5) is 37.8. The van der Waals surface area contributed by atoms with Gasteiger partial charge in [0.1, 0.15) is 24.1 Å². The number of rotatable bonds is 9. The average Bonchev–Trinajstić information content (AvgIpc) is 3.42. The van der Waals surface area contributed by atoms with Gasteiger partial charge in [0.05, 0.1) is 12.5 Å². The molecule has 1 aliphatic rings. The minimum absolute atomic E-state index is 0.0307. The summed E-state index contributed by atoms with van der Waals surface area (Å²) in [5, 5.41) is 15.7. The lowest BCUT2D eigenvalue weighted by molar-refractivity contribution is -0.139. The standard InChI is InChI=1S/C22H26N4O6/c1-2-10-31-22(30)24-18(21(28)29)13-16-12-17(25-32-16)19-4-3-9-26(19)20(27)11-14-5-7-15(23)8-6-14/h2,5-8,12,18-19H,1,3-4,9-11,13,23H2,(H,24,30)(H,28,29). The number of anilines is 1. The first-order valence-electron chi connectivity index (χ1n) is 10.2. The summed E-state index contributed by atoms with van der Waals surface area (Å²) in [6.45, 7) is 3.99. The smallest absolute Gasteiger partial charge is 0.408 e. The zero-order chi connectivity index (χ0) is 23.1. The van der Waals surface area contributed by atoms with Gasteiger partial charge in [0, 0.05) is 24.7 Å². The number of hydrogen-bond acceptors (Lipinski definition) is 7. The van der Waals surface area contributed by atoms with Crippen LogP contribution in [0.25, 0.3) is 0 Å². The molecule has 0 aliphatic carbocycles. The van der Waals surface area contributed by atoms with E-state index in [4.69, 9.17) is 15.0 Å². The van der Waals surface area contributed by atoms with Crippen molar-refractivity contribution in [3.63, 3.8) is 0 Å². The van der Waals surface area contributed by atoms with Crippen LogP contribution in [0.4, 0.5) is 10.5 Å². The number of carbonyl (C=O) groups excluding carboxylic acids is 2. The van der Waals surface area contributed by atoms with Gasteiger partial charge in [-0.15, -0.1) is 0 Å². The van der Waals surface area contributed by atoms with Gasteiger partial charge in [-0.2, -0.15) is 0 Å². The summed E-state index contributed by atoms with van der Waals surface area (Å²) in [6, 6.07) is 7.30. The predicted octanol–water partition coefficient (Wildman–Crippen LogP) is 2.07. The molecule has 2 amide bonds. The second-order valence-corrected chi connectivity index (χ2v) is 7.51. The van der Waals surface area contributed by atoms with Crippen LogP contribution in [0.3, 0.4) is 0 Å². The number of nitrogens with zero attached hydrogens (tertiary/aromatic N) is 2. The lowest BCUT2D eigenvalue weighted by Gasteiger charge is -2.23. The summed E-state index contributed by atoms with van der Waals surface area (Å²) in [5.74, 6) is -0.981. The molecule has 1 aromatic carbocycles. The Kier molecular flexibility index (Phi) is 7.48. The number of nitrogens with one attached hydrogen (secondary N) is 1. The fourth-order valence-corrected chi connectivity index (χ4v) is 3.59. The van der Waals surface area contributed by atoms with Gasteiger partial charge in [-0.05, 0) is 30.5 Å². The van der Waals surface area contributed by atoms with Crippen molar-refractivity contribution >= 4 is 23.7 Å². The molecule has 32 heavy (non-hydrogen) atoms. The number of carboxylic acids is 1. The Morgan fingerprint density at radius 2 is 2.12 bits per heavy atom. The van der Waals surface area contributed by atoms with Crippen molar-refractivity contribution in [1.29, 1.82) is 0 Å². The molecule has 170 valence electrons. The SMILES string of the molecule is C=CCOC(=O)NC(Cc1cc(C2CCCN2C(=O)Cc2ccc(N)cc2)no1)C(=O)O. The zero-order valence-electron chi connectivity index (χ0n) is 17.5. The third-order valence-electron chi connectivity index (χ3n) is 5.15. The molecule has 4 N–H and O–H groups in total. The quantitative estimate of drug-likeness (QED) is 0.395. The highest BCUT2D eigenvalue weighted by atomic mass is 16.5. The molecule has 1 aliphatic heterocycles. The molecule has 0 saturated carbocycles. The van der Waals surface area contributed by atoms with Gasteiger partial charge in [-0.25, -0.2) is 9.59 Å². The second-order valence-electron chi connectivity index (χ2n) is 7.51. The largest absolute Gasteiger partial charge is 0.480 e. The first-order chi connectivity index (χ1) is 15.4. The normalized spacial score (nSPS) is 16.4. The van der Waals surface area contributed by atoms with Crippen molar-refractivity contribution in [1.82, 2.24) is 15.4 Å². The summed E-state index contributed by atoms with van der Waals surface area (Å²) in [5.41, 5.74) is 7.76. The summed E-state index contributed by atoms with van der Waals surface area (Å²) >= 11 is 0. The van der Waals surface area contributed by atoms with Gasteiger partial charge in [-0.1, -0.05) is 29.9 Å². The fraction of sp³-hybridized carbons (Fsp3) is 0.364. The minimum Gasteiger partial charge on any atom is -0.480 e. The molecule has 3 rings (SSSR count). The van der Waals surface area contributed by atoms with Gasteiger partial charge in [0.2, 0.25) is 5.91 Å².